The monoisotopic (exact) mass is 412 g/mol. The summed E-state index contributed by atoms with van der Waals surface area (Å²) in [6, 6.07) is 22.4. The Morgan fingerprint density at radius 2 is 1.32 bits per heavy atom. The number of rotatable bonds is 7. The predicted octanol–water partition coefficient (Wildman–Crippen LogP) is 3.93. The van der Waals surface area contributed by atoms with Gasteiger partial charge in [0.05, 0.1) is 16.8 Å². The molecule has 31 heavy (non-hydrogen) atoms. The van der Waals surface area contributed by atoms with Crippen LogP contribution in [0.3, 0.4) is 0 Å². The van der Waals surface area contributed by atoms with Gasteiger partial charge >= 0.3 is 0 Å². The normalized spacial score (nSPS) is 12.6. The van der Waals surface area contributed by atoms with Crippen LogP contribution in [0.15, 0.2) is 78.9 Å². The molecular formula is C25H20N2O4. The molecule has 3 amide bonds. The van der Waals surface area contributed by atoms with Gasteiger partial charge in [0, 0.05) is 24.1 Å². The Kier molecular flexibility index (Phi) is 5.71. The number of imide groups is 1. The Bertz CT molecular complexity index is 1140. The summed E-state index contributed by atoms with van der Waals surface area (Å²) in [6.07, 6.45) is 0.438. The van der Waals surface area contributed by atoms with Crippen LogP contribution in [0, 0.1) is 0 Å². The van der Waals surface area contributed by atoms with Gasteiger partial charge in [-0.25, -0.2) is 0 Å². The number of nitrogens with zero attached hydrogens (tertiary/aromatic N) is 1. The van der Waals surface area contributed by atoms with Crippen LogP contribution in [-0.2, 0) is 4.79 Å². The topological polar surface area (TPSA) is 83.6 Å². The van der Waals surface area contributed by atoms with E-state index in [2.05, 4.69) is 5.32 Å². The Labute approximate surface area is 179 Å². The number of fused-ring (bicyclic) bond motifs is 1. The van der Waals surface area contributed by atoms with Crippen molar-refractivity contribution >= 4 is 29.2 Å². The van der Waals surface area contributed by atoms with Crippen LogP contribution in [0.2, 0.25) is 0 Å². The van der Waals surface area contributed by atoms with Crippen molar-refractivity contribution in [3.8, 4) is 0 Å². The molecule has 0 aromatic heterocycles. The average Bonchev–Trinajstić information content (AvgIpc) is 3.04. The van der Waals surface area contributed by atoms with Crippen molar-refractivity contribution in [2.75, 3.05) is 11.9 Å². The second-order valence-corrected chi connectivity index (χ2v) is 7.20. The third-order valence-corrected chi connectivity index (χ3v) is 5.15. The van der Waals surface area contributed by atoms with Crippen LogP contribution in [0.4, 0.5) is 5.69 Å². The van der Waals surface area contributed by atoms with Gasteiger partial charge in [-0.05, 0) is 30.7 Å². The summed E-state index contributed by atoms with van der Waals surface area (Å²) in [7, 11) is 0. The zero-order valence-corrected chi connectivity index (χ0v) is 16.7. The van der Waals surface area contributed by atoms with E-state index in [4.69, 9.17) is 0 Å². The molecular weight excluding hydrogens is 392 g/mol. The lowest BCUT2D eigenvalue weighted by Gasteiger charge is -2.14. The van der Waals surface area contributed by atoms with E-state index in [0.29, 0.717) is 34.4 Å². The highest BCUT2D eigenvalue weighted by atomic mass is 16.2. The van der Waals surface area contributed by atoms with Gasteiger partial charge in [0.2, 0.25) is 5.91 Å². The maximum absolute atomic E-state index is 12.8. The van der Waals surface area contributed by atoms with Crippen molar-refractivity contribution < 1.29 is 19.2 Å². The lowest BCUT2D eigenvalue weighted by molar-refractivity contribution is -0.116. The highest BCUT2D eigenvalue weighted by Gasteiger charge is 2.34. The molecule has 6 heteroatoms. The van der Waals surface area contributed by atoms with Crippen molar-refractivity contribution in [3.05, 3.63) is 101 Å². The van der Waals surface area contributed by atoms with Crippen LogP contribution in [-0.4, -0.2) is 34.9 Å². The molecule has 1 aliphatic rings. The smallest absolute Gasteiger partial charge is 0.261 e. The molecule has 3 aromatic rings. The second kappa shape index (κ2) is 8.75. The lowest BCUT2D eigenvalue weighted by Crippen LogP contribution is -2.31. The minimum atomic E-state index is -0.334. The first-order chi connectivity index (χ1) is 15.1. The molecule has 1 aliphatic heterocycles. The van der Waals surface area contributed by atoms with E-state index in [-0.39, 0.29) is 36.5 Å². The SMILES string of the molecule is O=C(CCCN1C(=O)c2ccccc2C1=O)Nc1ccccc1C(=O)c1ccccc1. The Morgan fingerprint density at radius 3 is 2.00 bits per heavy atom. The Balaban J connectivity index is 1.37. The number of ketones is 1. The lowest BCUT2D eigenvalue weighted by atomic mass is 10.0. The van der Waals surface area contributed by atoms with Gasteiger partial charge < -0.3 is 5.32 Å². The van der Waals surface area contributed by atoms with E-state index in [1.54, 1.807) is 72.8 Å². The summed E-state index contributed by atoms with van der Waals surface area (Å²) < 4.78 is 0. The van der Waals surface area contributed by atoms with Gasteiger partial charge in [0.1, 0.15) is 0 Å². The summed E-state index contributed by atoms with van der Waals surface area (Å²) in [5, 5.41) is 2.78. The van der Waals surface area contributed by atoms with Crippen LogP contribution in [0.25, 0.3) is 0 Å². The summed E-state index contributed by atoms with van der Waals surface area (Å²) in [5.41, 5.74) is 2.16. The quantitative estimate of drug-likeness (QED) is 0.471. The Hall–Kier alpha value is -4.06. The van der Waals surface area contributed by atoms with Gasteiger partial charge in [0.15, 0.2) is 5.78 Å². The molecule has 1 N–H and O–H groups in total. The van der Waals surface area contributed by atoms with Crippen LogP contribution in [0.5, 0.6) is 0 Å². The second-order valence-electron chi connectivity index (χ2n) is 7.20. The first-order valence-electron chi connectivity index (χ1n) is 10.00. The molecule has 0 saturated heterocycles. The van der Waals surface area contributed by atoms with E-state index >= 15 is 0 Å². The number of anilines is 1. The minimum Gasteiger partial charge on any atom is -0.325 e. The third-order valence-electron chi connectivity index (χ3n) is 5.15. The summed E-state index contributed by atoms with van der Waals surface area (Å²) in [5.74, 6) is -1.13. The van der Waals surface area contributed by atoms with Crippen molar-refractivity contribution in [1.82, 2.24) is 4.90 Å². The summed E-state index contributed by atoms with van der Waals surface area (Å²) in [4.78, 5) is 51.2. The van der Waals surface area contributed by atoms with E-state index in [1.807, 2.05) is 6.07 Å². The average molecular weight is 412 g/mol. The fraction of sp³-hybridized carbons (Fsp3) is 0.120. The highest BCUT2D eigenvalue weighted by molar-refractivity contribution is 6.21. The maximum Gasteiger partial charge on any atom is 0.261 e. The van der Waals surface area contributed by atoms with Crippen molar-refractivity contribution in [1.29, 1.82) is 0 Å². The number of hydrogen-bond donors (Lipinski definition) is 1. The number of carbonyl (C=O) groups excluding carboxylic acids is 4. The molecule has 0 aliphatic carbocycles. The number of nitrogens with one attached hydrogen (secondary N) is 1. The molecule has 4 rings (SSSR count). The van der Waals surface area contributed by atoms with Gasteiger partial charge in [-0.3, -0.25) is 24.1 Å². The molecule has 0 fully saturated rings. The molecule has 0 spiro atoms. The van der Waals surface area contributed by atoms with Crippen LogP contribution in [0.1, 0.15) is 49.5 Å². The van der Waals surface area contributed by atoms with Gasteiger partial charge in [-0.2, -0.15) is 0 Å². The molecule has 1 heterocycles. The van der Waals surface area contributed by atoms with E-state index in [1.165, 1.54) is 4.90 Å². The van der Waals surface area contributed by atoms with E-state index in [0.717, 1.165) is 0 Å². The molecule has 0 unspecified atom stereocenters. The first kappa shape index (κ1) is 20.2. The fourth-order valence-electron chi connectivity index (χ4n) is 3.59. The van der Waals surface area contributed by atoms with Gasteiger partial charge in [0.25, 0.3) is 11.8 Å². The fourth-order valence-corrected chi connectivity index (χ4v) is 3.59. The zero-order valence-electron chi connectivity index (χ0n) is 16.7. The standard InChI is InChI=1S/C25H20N2O4/c28-22(15-8-16-27-24(30)18-11-4-5-12-19(18)25(27)31)26-21-14-7-6-13-20(21)23(29)17-9-2-1-3-10-17/h1-7,9-14H,8,15-16H2,(H,26,28). The van der Waals surface area contributed by atoms with Crippen molar-refractivity contribution in [2.24, 2.45) is 0 Å². The van der Waals surface area contributed by atoms with E-state index in [9.17, 15) is 19.2 Å². The van der Waals surface area contributed by atoms with Crippen LogP contribution < -0.4 is 5.32 Å². The van der Waals surface area contributed by atoms with Gasteiger partial charge in [-0.1, -0.05) is 54.6 Å². The Morgan fingerprint density at radius 1 is 0.742 bits per heavy atom. The molecule has 6 nitrogen and oxygen atoms in total. The largest absolute Gasteiger partial charge is 0.325 e. The van der Waals surface area contributed by atoms with Crippen molar-refractivity contribution in [2.45, 2.75) is 12.8 Å². The van der Waals surface area contributed by atoms with Crippen molar-refractivity contribution in [3.63, 3.8) is 0 Å². The maximum atomic E-state index is 12.8. The number of para-hydroxylation sites is 1. The van der Waals surface area contributed by atoms with E-state index < -0.39 is 0 Å². The summed E-state index contributed by atoms with van der Waals surface area (Å²) >= 11 is 0. The molecule has 0 radical (unpaired) electrons. The third kappa shape index (κ3) is 4.14. The number of hydrogen-bond acceptors (Lipinski definition) is 4. The van der Waals surface area contributed by atoms with Crippen LogP contribution >= 0.6 is 0 Å². The molecule has 3 aromatic carbocycles. The minimum absolute atomic E-state index is 0.112. The molecule has 154 valence electrons. The number of benzene rings is 3. The number of carbonyl (C=O) groups is 4. The zero-order chi connectivity index (χ0) is 21.8. The number of amides is 3. The first-order valence-corrected chi connectivity index (χ1v) is 10.00. The summed E-state index contributed by atoms with van der Waals surface area (Å²) in [6.45, 7) is 0.157. The molecule has 0 saturated carbocycles. The highest BCUT2D eigenvalue weighted by Crippen LogP contribution is 2.23. The molecule has 0 bridgehead atoms. The van der Waals surface area contributed by atoms with Gasteiger partial charge in [-0.15, -0.1) is 0 Å². The molecule has 0 atom stereocenters. The predicted molar refractivity (Wildman–Crippen MR) is 116 cm³/mol.